The Hall–Kier alpha value is -1.43. The molecule has 0 unspecified atom stereocenters. The molecule has 1 saturated heterocycles. The number of carbonyl (C=O) groups is 2. The SMILES string of the molecule is CC(=O)c1sc(N2CCC[C@H]3CCCC[C@H]32)nc1C(=O)O. The second-order valence-corrected chi connectivity index (χ2v) is 6.96. The predicted molar refractivity (Wildman–Crippen MR) is 81.4 cm³/mol. The zero-order valence-electron chi connectivity index (χ0n) is 12.2. The van der Waals surface area contributed by atoms with Gasteiger partial charge in [0.25, 0.3) is 0 Å². The fourth-order valence-electron chi connectivity index (χ4n) is 3.68. The normalized spacial score (nSPS) is 25.5. The average molecular weight is 308 g/mol. The number of ketones is 1. The fourth-order valence-corrected chi connectivity index (χ4v) is 4.71. The second-order valence-electron chi connectivity index (χ2n) is 5.98. The number of carboxylic acids is 1. The van der Waals surface area contributed by atoms with Gasteiger partial charge in [-0.05, 0) is 31.6 Å². The van der Waals surface area contributed by atoms with Gasteiger partial charge in [0.15, 0.2) is 16.6 Å². The third-order valence-corrected chi connectivity index (χ3v) is 5.82. The van der Waals surface area contributed by atoms with Gasteiger partial charge >= 0.3 is 5.97 Å². The summed E-state index contributed by atoms with van der Waals surface area (Å²) in [6.07, 6.45) is 7.33. The van der Waals surface area contributed by atoms with E-state index in [2.05, 4.69) is 9.88 Å². The summed E-state index contributed by atoms with van der Waals surface area (Å²) in [5, 5.41) is 9.95. The number of aromatic carboxylic acids is 1. The van der Waals surface area contributed by atoms with Crippen LogP contribution in [0.3, 0.4) is 0 Å². The van der Waals surface area contributed by atoms with Crippen molar-refractivity contribution in [2.75, 3.05) is 11.4 Å². The van der Waals surface area contributed by atoms with Crippen LogP contribution in [-0.4, -0.2) is 34.4 Å². The van der Waals surface area contributed by atoms with E-state index in [1.54, 1.807) is 0 Å². The van der Waals surface area contributed by atoms with Crippen molar-refractivity contribution in [1.82, 2.24) is 4.98 Å². The van der Waals surface area contributed by atoms with Crippen molar-refractivity contribution >= 4 is 28.2 Å². The maximum absolute atomic E-state index is 11.6. The third kappa shape index (κ3) is 2.69. The number of Topliss-reactive ketones (excluding diaryl/α,β-unsaturated/α-hetero) is 1. The van der Waals surface area contributed by atoms with E-state index in [0.717, 1.165) is 19.4 Å². The Labute approximate surface area is 128 Å². The smallest absolute Gasteiger partial charge is 0.356 e. The molecule has 0 bridgehead atoms. The zero-order valence-corrected chi connectivity index (χ0v) is 13.0. The van der Waals surface area contributed by atoms with Crippen molar-refractivity contribution in [3.63, 3.8) is 0 Å². The van der Waals surface area contributed by atoms with Crippen LogP contribution in [-0.2, 0) is 0 Å². The first kappa shape index (κ1) is 14.5. The van der Waals surface area contributed by atoms with E-state index in [-0.39, 0.29) is 16.4 Å². The van der Waals surface area contributed by atoms with Crippen molar-refractivity contribution in [2.45, 2.75) is 51.5 Å². The fraction of sp³-hybridized carbons (Fsp3) is 0.667. The molecule has 114 valence electrons. The molecule has 0 spiro atoms. The number of rotatable bonds is 3. The largest absolute Gasteiger partial charge is 0.476 e. The monoisotopic (exact) mass is 308 g/mol. The van der Waals surface area contributed by atoms with E-state index in [0.29, 0.717) is 17.1 Å². The maximum atomic E-state index is 11.6. The molecule has 2 atom stereocenters. The maximum Gasteiger partial charge on any atom is 0.356 e. The van der Waals surface area contributed by atoms with E-state index < -0.39 is 5.97 Å². The van der Waals surface area contributed by atoms with E-state index in [9.17, 15) is 14.7 Å². The number of carboxylic acid groups (broad SMARTS) is 1. The standard InChI is InChI=1S/C15H20N2O3S/c1-9(18)13-12(14(19)20)16-15(21-13)17-8-4-6-10-5-2-3-7-11(10)17/h10-11H,2-8H2,1H3,(H,19,20)/t10-,11-/m1/s1. The van der Waals surface area contributed by atoms with Crippen molar-refractivity contribution in [3.8, 4) is 0 Å². The lowest BCUT2D eigenvalue weighted by Crippen LogP contribution is -2.46. The molecule has 1 aliphatic heterocycles. The molecule has 0 radical (unpaired) electrons. The summed E-state index contributed by atoms with van der Waals surface area (Å²) in [6.45, 7) is 2.33. The van der Waals surface area contributed by atoms with E-state index in [1.807, 2.05) is 0 Å². The van der Waals surface area contributed by atoms with Gasteiger partial charge in [-0.3, -0.25) is 4.79 Å². The Kier molecular flexibility index (Phi) is 3.97. The topological polar surface area (TPSA) is 70.5 Å². The van der Waals surface area contributed by atoms with Crippen molar-refractivity contribution in [2.24, 2.45) is 5.92 Å². The van der Waals surface area contributed by atoms with Gasteiger partial charge in [-0.1, -0.05) is 24.2 Å². The number of thiazole rings is 1. The number of piperidine rings is 1. The molecule has 0 amide bonds. The molecule has 1 N–H and O–H groups in total. The van der Waals surface area contributed by atoms with Crippen molar-refractivity contribution < 1.29 is 14.7 Å². The average Bonchev–Trinajstić information content (AvgIpc) is 2.92. The first-order chi connectivity index (χ1) is 10.1. The number of aromatic nitrogens is 1. The molecule has 6 heteroatoms. The van der Waals surface area contributed by atoms with Crippen LogP contribution in [0.4, 0.5) is 5.13 Å². The molecule has 1 aromatic heterocycles. The number of hydrogen-bond acceptors (Lipinski definition) is 5. The van der Waals surface area contributed by atoms with Crippen LogP contribution in [0.5, 0.6) is 0 Å². The number of nitrogens with zero attached hydrogens (tertiary/aromatic N) is 2. The second kappa shape index (κ2) is 5.75. The third-order valence-electron chi connectivity index (χ3n) is 4.63. The summed E-state index contributed by atoms with van der Waals surface area (Å²) in [6, 6.07) is 0.472. The number of anilines is 1. The molecule has 1 aliphatic carbocycles. The summed E-state index contributed by atoms with van der Waals surface area (Å²) in [5.74, 6) is -0.626. The van der Waals surface area contributed by atoms with E-state index >= 15 is 0 Å². The van der Waals surface area contributed by atoms with Gasteiger partial charge < -0.3 is 10.0 Å². The van der Waals surface area contributed by atoms with Gasteiger partial charge in [0.2, 0.25) is 0 Å². The molecule has 2 heterocycles. The van der Waals surface area contributed by atoms with Gasteiger partial charge in [-0.15, -0.1) is 0 Å². The lowest BCUT2D eigenvalue weighted by molar-refractivity contribution is 0.0687. The highest BCUT2D eigenvalue weighted by Gasteiger charge is 2.35. The Morgan fingerprint density at radius 1 is 1.24 bits per heavy atom. The van der Waals surface area contributed by atoms with Crippen LogP contribution in [0.25, 0.3) is 0 Å². The lowest BCUT2D eigenvalue weighted by atomic mass is 9.78. The predicted octanol–water partition coefficient (Wildman–Crippen LogP) is 3.20. The summed E-state index contributed by atoms with van der Waals surface area (Å²) < 4.78 is 0. The van der Waals surface area contributed by atoms with Crippen LogP contribution < -0.4 is 4.90 Å². The number of fused-ring (bicyclic) bond motifs is 1. The molecule has 1 aromatic rings. The van der Waals surface area contributed by atoms with E-state index in [4.69, 9.17) is 0 Å². The Morgan fingerprint density at radius 3 is 2.62 bits per heavy atom. The molecule has 1 saturated carbocycles. The molecular weight excluding hydrogens is 288 g/mol. The van der Waals surface area contributed by atoms with Crippen molar-refractivity contribution in [1.29, 1.82) is 0 Å². The molecule has 2 aliphatic rings. The van der Waals surface area contributed by atoms with Gasteiger partial charge in [0, 0.05) is 19.5 Å². The number of carbonyl (C=O) groups excluding carboxylic acids is 1. The summed E-state index contributed by atoms with van der Waals surface area (Å²) in [5.41, 5.74) is -0.0829. The molecular formula is C15H20N2O3S. The van der Waals surface area contributed by atoms with Gasteiger partial charge in [0.05, 0.1) is 0 Å². The van der Waals surface area contributed by atoms with Crippen LogP contribution >= 0.6 is 11.3 Å². The molecule has 3 rings (SSSR count). The minimum absolute atomic E-state index is 0.0829. The lowest BCUT2D eigenvalue weighted by Gasteiger charge is -2.44. The Bertz CT molecular complexity index is 536. The van der Waals surface area contributed by atoms with Crippen LogP contribution in [0, 0.1) is 5.92 Å². The van der Waals surface area contributed by atoms with E-state index in [1.165, 1.54) is 43.9 Å². The Balaban J connectivity index is 1.93. The van der Waals surface area contributed by atoms with Gasteiger partial charge in [-0.2, -0.15) is 0 Å². The number of hydrogen-bond donors (Lipinski definition) is 1. The zero-order chi connectivity index (χ0) is 15.0. The van der Waals surface area contributed by atoms with Gasteiger partial charge in [0.1, 0.15) is 4.88 Å². The Morgan fingerprint density at radius 2 is 1.95 bits per heavy atom. The minimum Gasteiger partial charge on any atom is -0.476 e. The first-order valence-corrected chi connectivity index (χ1v) is 8.41. The van der Waals surface area contributed by atoms with Gasteiger partial charge in [-0.25, -0.2) is 9.78 Å². The quantitative estimate of drug-likeness (QED) is 0.868. The first-order valence-electron chi connectivity index (χ1n) is 7.59. The van der Waals surface area contributed by atoms with Crippen LogP contribution in [0.2, 0.25) is 0 Å². The summed E-state index contributed by atoms with van der Waals surface area (Å²) in [7, 11) is 0. The molecule has 2 fully saturated rings. The highest BCUT2D eigenvalue weighted by atomic mass is 32.1. The molecule has 5 nitrogen and oxygen atoms in total. The van der Waals surface area contributed by atoms with Crippen molar-refractivity contribution in [3.05, 3.63) is 10.6 Å². The highest BCUT2D eigenvalue weighted by molar-refractivity contribution is 7.17. The molecule has 21 heavy (non-hydrogen) atoms. The summed E-state index contributed by atoms with van der Waals surface area (Å²) in [4.78, 5) is 29.7. The van der Waals surface area contributed by atoms with Crippen LogP contribution in [0.15, 0.2) is 0 Å². The molecule has 0 aromatic carbocycles. The highest BCUT2D eigenvalue weighted by Crippen LogP contribution is 2.39. The minimum atomic E-state index is -1.11. The van der Waals surface area contributed by atoms with Crippen LogP contribution in [0.1, 0.15) is 65.6 Å². The summed E-state index contributed by atoms with van der Waals surface area (Å²) >= 11 is 1.24.